The van der Waals surface area contributed by atoms with Gasteiger partial charge in [0.2, 0.25) is 5.91 Å². The van der Waals surface area contributed by atoms with Gasteiger partial charge in [0.15, 0.2) is 0 Å². The zero-order valence-electron chi connectivity index (χ0n) is 12.0. The summed E-state index contributed by atoms with van der Waals surface area (Å²) < 4.78 is 7.10. The van der Waals surface area contributed by atoms with Crippen molar-refractivity contribution < 1.29 is 9.53 Å². The van der Waals surface area contributed by atoms with E-state index >= 15 is 0 Å². The van der Waals surface area contributed by atoms with E-state index in [9.17, 15) is 4.79 Å². The number of carbonyl (C=O) groups is 1. The van der Waals surface area contributed by atoms with E-state index < -0.39 is 0 Å². The summed E-state index contributed by atoms with van der Waals surface area (Å²) in [6.45, 7) is 0.210. The summed E-state index contributed by atoms with van der Waals surface area (Å²) in [5, 5.41) is 4.48. The lowest BCUT2D eigenvalue weighted by molar-refractivity contribution is -0.116. The number of para-hydroxylation sites is 2. The fourth-order valence-corrected chi connectivity index (χ4v) is 2.65. The first-order valence-corrected chi connectivity index (χ1v) is 7.23. The highest BCUT2D eigenvalue weighted by Crippen LogP contribution is 2.25. The molecule has 0 saturated carbocycles. The minimum Gasteiger partial charge on any atom is -0.495 e. The molecule has 1 heterocycles. The number of methoxy groups -OCH3 is 1. The van der Waals surface area contributed by atoms with Crippen molar-refractivity contribution in [3.63, 3.8) is 0 Å². The van der Waals surface area contributed by atoms with E-state index in [0.29, 0.717) is 16.5 Å². The number of fused-ring (bicyclic) bond motifs is 1. The molecular formula is C17H15ClN2O2. The average molecular weight is 315 g/mol. The van der Waals surface area contributed by atoms with Gasteiger partial charge in [-0.2, -0.15) is 0 Å². The molecule has 4 nitrogen and oxygen atoms in total. The lowest BCUT2D eigenvalue weighted by Crippen LogP contribution is -2.18. The fraction of sp³-hybridized carbons (Fsp3) is 0.118. The van der Waals surface area contributed by atoms with E-state index in [1.54, 1.807) is 19.2 Å². The van der Waals surface area contributed by atoms with Crippen LogP contribution in [-0.2, 0) is 11.3 Å². The molecule has 22 heavy (non-hydrogen) atoms. The summed E-state index contributed by atoms with van der Waals surface area (Å²) in [5.41, 5.74) is 1.59. The molecule has 5 heteroatoms. The number of benzene rings is 2. The van der Waals surface area contributed by atoms with Crippen molar-refractivity contribution in [2.24, 2.45) is 0 Å². The first kappa shape index (κ1) is 14.5. The predicted octanol–water partition coefficient (Wildman–Crippen LogP) is 3.94. The van der Waals surface area contributed by atoms with Crippen molar-refractivity contribution in [3.05, 3.63) is 59.8 Å². The quantitative estimate of drug-likeness (QED) is 0.792. The number of nitrogens with zero attached hydrogens (tertiary/aromatic N) is 1. The van der Waals surface area contributed by atoms with Crippen molar-refractivity contribution >= 4 is 34.1 Å². The Morgan fingerprint density at radius 2 is 2.00 bits per heavy atom. The van der Waals surface area contributed by atoms with Crippen molar-refractivity contribution in [1.29, 1.82) is 0 Å². The normalized spacial score (nSPS) is 10.6. The largest absolute Gasteiger partial charge is 0.495 e. The molecule has 1 aromatic heterocycles. The third kappa shape index (κ3) is 2.78. The maximum absolute atomic E-state index is 12.3. The second-order valence-electron chi connectivity index (χ2n) is 4.86. The number of aromatic nitrogens is 1. The summed E-state index contributed by atoms with van der Waals surface area (Å²) in [4.78, 5) is 12.3. The number of amides is 1. The number of ether oxygens (including phenoxy) is 1. The standard InChI is InChI=1S/C17H15ClN2O2/c1-22-16-8-3-2-6-14(16)19-17(21)11-20-10-9-12-13(18)5-4-7-15(12)20/h2-10H,11H2,1H3,(H,19,21). The molecule has 2 aromatic carbocycles. The molecule has 1 N–H and O–H groups in total. The van der Waals surface area contributed by atoms with Crippen LogP contribution in [0, 0.1) is 0 Å². The van der Waals surface area contributed by atoms with Crippen LogP contribution in [0.3, 0.4) is 0 Å². The molecular weight excluding hydrogens is 300 g/mol. The molecule has 112 valence electrons. The van der Waals surface area contributed by atoms with E-state index in [-0.39, 0.29) is 12.5 Å². The smallest absolute Gasteiger partial charge is 0.244 e. The van der Waals surface area contributed by atoms with Crippen molar-refractivity contribution in [3.8, 4) is 5.75 Å². The van der Waals surface area contributed by atoms with E-state index in [1.165, 1.54) is 0 Å². The van der Waals surface area contributed by atoms with Crippen LogP contribution in [-0.4, -0.2) is 17.6 Å². The number of anilines is 1. The molecule has 0 aliphatic rings. The molecule has 0 aliphatic heterocycles. The Bertz CT molecular complexity index is 826. The molecule has 0 unspecified atom stereocenters. The van der Waals surface area contributed by atoms with Crippen LogP contribution < -0.4 is 10.1 Å². The van der Waals surface area contributed by atoms with Gasteiger partial charge in [0, 0.05) is 22.1 Å². The van der Waals surface area contributed by atoms with Gasteiger partial charge in [0.1, 0.15) is 12.3 Å². The zero-order chi connectivity index (χ0) is 15.5. The van der Waals surface area contributed by atoms with Gasteiger partial charge < -0.3 is 14.6 Å². The van der Waals surface area contributed by atoms with E-state index in [2.05, 4.69) is 5.32 Å². The molecule has 3 aromatic rings. The molecule has 0 saturated heterocycles. The van der Waals surface area contributed by atoms with Crippen LogP contribution in [0.5, 0.6) is 5.75 Å². The van der Waals surface area contributed by atoms with Gasteiger partial charge in [-0.05, 0) is 30.3 Å². The minimum atomic E-state index is -0.123. The van der Waals surface area contributed by atoms with Gasteiger partial charge in [-0.25, -0.2) is 0 Å². The summed E-state index contributed by atoms with van der Waals surface area (Å²) in [6, 6.07) is 14.9. The van der Waals surface area contributed by atoms with Gasteiger partial charge in [0.25, 0.3) is 0 Å². The molecule has 0 bridgehead atoms. The summed E-state index contributed by atoms with van der Waals surface area (Å²) in [6.07, 6.45) is 1.86. The van der Waals surface area contributed by atoms with E-state index in [0.717, 1.165) is 10.9 Å². The Morgan fingerprint density at radius 3 is 2.82 bits per heavy atom. The molecule has 0 atom stereocenters. The summed E-state index contributed by atoms with van der Waals surface area (Å²) in [5.74, 6) is 0.512. The van der Waals surface area contributed by atoms with Gasteiger partial charge in [-0.3, -0.25) is 4.79 Å². The van der Waals surface area contributed by atoms with Crippen LogP contribution in [0.15, 0.2) is 54.7 Å². The van der Waals surface area contributed by atoms with Crippen LogP contribution in [0.4, 0.5) is 5.69 Å². The Kier molecular flexibility index (Phi) is 4.02. The minimum absolute atomic E-state index is 0.123. The SMILES string of the molecule is COc1ccccc1NC(=O)Cn1ccc2c(Cl)cccc21. The Balaban J connectivity index is 1.80. The first-order chi connectivity index (χ1) is 10.7. The molecule has 0 radical (unpaired) electrons. The van der Waals surface area contributed by atoms with Crippen molar-refractivity contribution in [2.45, 2.75) is 6.54 Å². The first-order valence-electron chi connectivity index (χ1n) is 6.85. The highest BCUT2D eigenvalue weighted by Gasteiger charge is 2.10. The van der Waals surface area contributed by atoms with Crippen molar-refractivity contribution in [2.75, 3.05) is 12.4 Å². The monoisotopic (exact) mass is 314 g/mol. The van der Waals surface area contributed by atoms with Crippen molar-refractivity contribution in [1.82, 2.24) is 4.57 Å². The number of rotatable bonds is 4. The van der Waals surface area contributed by atoms with Gasteiger partial charge in [-0.1, -0.05) is 29.8 Å². The molecule has 1 amide bonds. The maximum atomic E-state index is 12.3. The summed E-state index contributed by atoms with van der Waals surface area (Å²) >= 11 is 6.15. The Labute approximate surface area is 133 Å². The topological polar surface area (TPSA) is 43.3 Å². The molecule has 3 rings (SSSR count). The third-order valence-electron chi connectivity index (χ3n) is 3.46. The number of carbonyl (C=O) groups excluding carboxylic acids is 1. The molecule has 0 aliphatic carbocycles. The lowest BCUT2D eigenvalue weighted by Gasteiger charge is -2.10. The summed E-state index contributed by atoms with van der Waals surface area (Å²) in [7, 11) is 1.58. The van der Waals surface area contributed by atoms with Crippen LogP contribution >= 0.6 is 11.6 Å². The molecule has 0 spiro atoms. The zero-order valence-corrected chi connectivity index (χ0v) is 12.8. The van der Waals surface area contributed by atoms with Crippen LogP contribution in [0.25, 0.3) is 10.9 Å². The maximum Gasteiger partial charge on any atom is 0.244 e. The Hall–Kier alpha value is -2.46. The van der Waals surface area contributed by atoms with Gasteiger partial charge in [0.05, 0.1) is 12.8 Å². The van der Waals surface area contributed by atoms with Crippen LogP contribution in [0.2, 0.25) is 5.02 Å². The van der Waals surface area contributed by atoms with E-state index in [4.69, 9.17) is 16.3 Å². The predicted molar refractivity (Wildman–Crippen MR) is 88.6 cm³/mol. The highest BCUT2D eigenvalue weighted by atomic mass is 35.5. The third-order valence-corrected chi connectivity index (χ3v) is 3.79. The fourth-order valence-electron chi connectivity index (χ4n) is 2.42. The second-order valence-corrected chi connectivity index (χ2v) is 5.27. The second kappa shape index (κ2) is 6.12. The van der Waals surface area contributed by atoms with Gasteiger partial charge in [-0.15, -0.1) is 0 Å². The average Bonchev–Trinajstić information content (AvgIpc) is 2.92. The number of hydrogen-bond donors (Lipinski definition) is 1. The van der Waals surface area contributed by atoms with E-state index in [1.807, 2.05) is 47.2 Å². The molecule has 0 fully saturated rings. The lowest BCUT2D eigenvalue weighted by atomic mass is 10.2. The van der Waals surface area contributed by atoms with Crippen LogP contribution in [0.1, 0.15) is 0 Å². The number of hydrogen-bond acceptors (Lipinski definition) is 2. The number of nitrogens with one attached hydrogen (secondary N) is 1. The highest BCUT2D eigenvalue weighted by molar-refractivity contribution is 6.35. The number of halogens is 1. The Morgan fingerprint density at radius 1 is 1.18 bits per heavy atom. The van der Waals surface area contributed by atoms with Gasteiger partial charge >= 0.3 is 0 Å².